The number of thiophene rings is 1. The first-order valence-corrected chi connectivity index (χ1v) is 14.5. The van der Waals surface area contributed by atoms with Crippen LogP contribution in [-0.2, 0) is 0 Å². The Balaban J connectivity index is 1.33. The zero-order valence-electron chi connectivity index (χ0n) is 22.4. The number of nitriles is 2. The molecule has 3 nitrogen and oxygen atoms in total. The van der Waals surface area contributed by atoms with Crippen molar-refractivity contribution < 1.29 is 0 Å². The summed E-state index contributed by atoms with van der Waals surface area (Å²) in [7, 11) is 0. The monoisotopic (exact) mass is 551 g/mol. The highest BCUT2D eigenvalue weighted by molar-refractivity contribution is 7.25. The number of hydrogen-bond donors (Lipinski definition) is 0. The molecule has 0 saturated heterocycles. The lowest BCUT2D eigenvalue weighted by Gasteiger charge is -2.13. The maximum Gasteiger partial charge on any atom is 0.0992 e. The van der Waals surface area contributed by atoms with Gasteiger partial charge in [0.1, 0.15) is 0 Å². The van der Waals surface area contributed by atoms with E-state index in [0.717, 1.165) is 39.0 Å². The lowest BCUT2D eigenvalue weighted by atomic mass is 9.94. The minimum Gasteiger partial charge on any atom is -0.309 e. The number of hydrogen-bond acceptors (Lipinski definition) is 3. The molecule has 0 saturated carbocycles. The zero-order valence-corrected chi connectivity index (χ0v) is 23.2. The molecule has 0 aliphatic rings. The Kier molecular flexibility index (Phi) is 5.44. The zero-order chi connectivity index (χ0) is 28.2. The first-order chi connectivity index (χ1) is 20.7. The van der Waals surface area contributed by atoms with Crippen molar-refractivity contribution in [1.29, 1.82) is 10.5 Å². The molecular weight excluding hydrogens is 531 g/mol. The summed E-state index contributed by atoms with van der Waals surface area (Å²) in [5.74, 6) is 0. The van der Waals surface area contributed by atoms with Gasteiger partial charge in [0.15, 0.2) is 0 Å². The Hall–Kier alpha value is -5.68. The van der Waals surface area contributed by atoms with E-state index in [9.17, 15) is 10.5 Å². The Morgan fingerprint density at radius 1 is 0.452 bits per heavy atom. The Labute approximate surface area is 246 Å². The van der Waals surface area contributed by atoms with Crippen molar-refractivity contribution in [2.45, 2.75) is 0 Å². The van der Waals surface area contributed by atoms with E-state index in [2.05, 4.69) is 108 Å². The van der Waals surface area contributed by atoms with Crippen molar-refractivity contribution in [1.82, 2.24) is 4.57 Å². The van der Waals surface area contributed by atoms with Crippen LogP contribution in [0.2, 0.25) is 0 Å². The van der Waals surface area contributed by atoms with Crippen LogP contribution >= 0.6 is 11.3 Å². The Morgan fingerprint density at radius 3 is 1.69 bits per heavy atom. The highest BCUT2D eigenvalue weighted by atomic mass is 32.1. The molecule has 0 bridgehead atoms. The summed E-state index contributed by atoms with van der Waals surface area (Å²) >= 11 is 1.79. The maximum absolute atomic E-state index is 10.0. The van der Waals surface area contributed by atoms with Gasteiger partial charge in [-0.3, -0.25) is 0 Å². The largest absolute Gasteiger partial charge is 0.309 e. The smallest absolute Gasteiger partial charge is 0.0992 e. The number of fused-ring (bicyclic) bond motifs is 6. The fraction of sp³-hybridized carbons (Fsp3) is 0. The lowest BCUT2D eigenvalue weighted by molar-refractivity contribution is 1.18. The minimum absolute atomic E-state index is 0.569. The predicted octanol–water partition coefficient (Wildman–Crippen LogP) is 10.2. The van der Waals surface area contributed by atoms with Gasteiger partial charge < -0.3 is 4.57 Å². The summed E-state index contributed by atoms with van der Waals surface area (Å²) in [6.07, 6.45) is 0. The van der Waals surface area contributed by atoms with Gasteiger partial charge in [0.2, 0.25) is 0 Å². The number of aromatic nitrogens is 1. The number of rotatable bonds is 3. The second-order valence-corrected chi connectivity index (χ2v) is 11.6. The summed E-state index contributed by atoms with van der Waals surface area (Å²) in [5, 5.41) is 24.8. The van der Waals surface area contributed by atoms with Crippen LogP contribution in [0.4, 0.5) is 0 Å². The normalized spacial score (nSPS) is 11.3. The van der Waals surface area contributed by atoms with E-state index >= 15 is 0 Å². The molecule has 8 rings (SSSR count). The molecule has 0 N–H and O–H groups in total. The molecule has 0 radical (unpaired) electrons. The highest BCUT2D eigenvalue weighted by Crippen LogP contribution is 2.38. The summed E-state index contributed by atoms with van der Waals surface area (Å²) < 4.78 is 4.73. The molecule has 0 unspecified atom stereocenters. The van der Waals surface area contributed by atoms with Crippen molar-refractivity contribution in [3.05, 3.63) is 139 Å². The van der Waals surface area contributed by atoms with Crippen molar-refractivity contribution >= 4 is 53.3 Å². The Morgan fingerprint density at radius 2 is 1.00 bits per heavy atom. The van der Waals surface area contributed by atoms with Crippen LogP contribution in [0.1, 0.15) is 11.1 Å². The third kappa shape index (κ3) is 3.79. The van der Waals surface area contributed by atoms with E-state index in [4.69, 9.17) is 0 Å². The first-order valence-electron chi connectivity index (χ1n) is 13.7. The summed E-state index contributed by atoms with van der Waals surface area (Å²) in [6.45, 7) is 0. The van der Waals surface area contributed by atoms with E-state index < -0.39 is 0 Å². The van der Waals surface area contributed by atoms with Gasteiger partial charge in [-0.25, -0.2) is 0 Å². The molecule has 2 aromatic heterocycles. The van der Waals surface area contributed by atoms with Crippen molar-refractivity contribution in [3.63, 3.8) is 0 Å². The van der Waals surface area contributed by atoms with Gasteiger partial charge >= 0.3 is 0 Å². The molecule has 0 amide bonds. The van der Waals surface area contributed by atoms with Gasteiger partial charge in [0.25, 0.3) is 0 Å². The molecule has 0 atom stereocenters. The predicted molar refractivity (Wildman–Crippen MR) is 174 cm³/mol. The second-order valence-electron chi connectivity index (χ2n) is 10.5. The van der Waals surface area contributed by atoms with Gasteiger partial charge in [-0.05, 0) is 89.0 Å². The van der Waals surface area contributed by atoms with E-state index in [1.807, 2.05) is 36.4 Å². The maximum atomic E-state index is 10.0. The molecule has 42 heavy (non-hydrogen) atoms. The molecule has 6 aromatic carbocycles. The van der Waals surface area contributed by atoms with E-state index in [0.29, 0.717) is 11.1 Å². The van der Waals surface area contributed by atoms with Crippen LogP contribution in [0.25, 0.3) is 69.9 Å². The molecule has 2 heterocycles. The van der Waals surface area contributed by atoms with Gasteiger partial charge in [0, 0.05) is 36.6 Å². The highest BCUT2D eigenvalue weighted by Gasteiger charge is 2.15. The summed E-state index contributed by atoms with van der Waals surface area (Å²) in [4.78, 5) is 0. The molecular formula is C38H21N3S. The fourth-order valence-electron chi connectivity index (χ4n) is 6.10. The van der Waals surface area contributed by atoms with E-state index in [-0.39, 0.29) is 0 Å². The third-order valence-electron chi connectivity index (χ3n) is 7.99. The van der Waals surface area contributed by atoms with Crippen LogP contribution in [0, 0.1) is 22.7 Å². The first kappa shape index (κ1) is 24.1. The van der Waals surface area contributed by atoms with Crippen LogP contribution in [0.15, 0.2) is 127 Å². The third-order valence-corrected chi connectivity index (χ3v) is 9.14. The molecule has 4 heteroatoms. The van der Waals surface area contributed by atoms with Crippen LogP contribution in [-0.4, -0.2) is 4.57 Å². The summed E-state index contributed by atoms with van der Waals surface area (Å²) in [6, 6.07) is 48.4. The summed E-state index contributed by atoms with van der Waals surface area (Å²) in [5.41, 5.74) is 8.06. The molecule has 0 aliphatic heterocycles. The number of benzene rings is 6. The molecule has 194 valence electrons. The molecule has 0 spiro atoms. The average Bonchev–Trinajstić information content (AvgIpc) is 3.59. The van der Waals surface area contributed by atoms with Crippen LogP contribution in [0.3, 0.4) is 0 Å². The van der Waals surface area contributed by atoms with Gasteiger partial charge in [-0.15, -0.1) is 11.3 Å². The number of para-hydroxylation sites is 2. The van der Waals surface area contributed by atoms with Crippen LogP contribution < -0.4 is 0 Å². The van der Waals surface area contributed by atoms with Crippen molar-refractivity contribution in [2.75, 3.05) is 0 Å². The molecule has 0 aliphatic carbocycles. The van der Waals surface area contributed by atoms with Gasteiger partial charge in [0.05, 0.1) is 34.3 Å². The molecule has 8 aromatic rings. The second kappa shape index (κ2) is 9.46. The fourth-order valence-corrected chi connectivity index (χ4v) is 7.19. The SMILES string of the molecule is N#Cc1cc(-c2cc(C#N)cc(-n3c4ccccc4c4ccccc43)c2)cc(-c2ccc3sc4ccccc4c3c2)c1. The van der Waals surface area contributed by atoms with E-state index in [1.165, 1.54) is 30.9 Å². The van der Waals surface area contributed by atoms with Crippen molar-refractivity contribution in [3.8, 4) is 40.1 Å². The van der Waals surface area contributed by atoms with Gasteiger partial charge in [-0.2, -0.15) is 10.5 Å². The van der Waals surface area contributed by atoms with Crippen molar-refractivity contribution in [2.24, 2.45) is 0 Å². The quantitative estimate of drug-likeness (QED) is 0.219. The standard InChI is InChI=1S/C38H21N3S/c39-22-24-15-27(26-13-14-38-34(21-26)33-9-3-6-12-37(33)42-38)19-28(16-24)29-17-25(23-40)18-30(20-29)41-35-10-4-1-7-31(35)32-8-2-5-11-36(32)41/h1-21H. The molecule has 0 fully saturated rings. The number of nitrogens with zero attached hydrogens (tertiary/aromatic N) is 3. The topological polar surface area (TPSA) is 52.5 Å². The van der Waals surface area contributed by atoms with Crippen LogP contribution in [0.5, 0.6) is 0 Å². The lowest BCUT2D eigenvalue weighted by Crippen LogP contribution is -1.96. The minimum atomic E-state index is 0.569. The van der Waals surface area contributed by atoms with E-state index in [1.54, 1.807) is 11.3 Å². The average molecular weight is 552 g/mol. The Bertz CT molecular complexity index is 2390. The van der Waals surface area contributed by atoms with Gasteiger partial charge in [-0.1, -0.05) is 60.7 Å².